The molecule has 1 fully saturated rings. The number of hydrogen-bond donors (Lipinski definition) is 2. The van der Waals surface area contributed by atoms with Gasteiger partial charge < -0.3 is 10.6 Å². The Kier molecular flexibility index (Phi) is 3.16. The molecule has 0 radical (unpaired) electrons. The molecule has 0 spiro atoms. The maximum Gasteiger partial charge on any atom is 0.0194 e. The van der Waals surface area contributed by atoms with Gasteiger partial charge in [-0.25, -0.2) is 0 Å². The molecule has 2 atom stereocenters. The third-order valence-electron chi connectivity index (χ3n) is 2.16. The Hall–Kier alpha value is -0.0800. The van der Waals surface area contributed by atoms with Crippen molar-refractivity contribution in [2.24, 2.45) is 0 Å². The maximum absolute atomic E-state index is 3.55. The molecule has 1 heterocycles. The van der Waals surface area contributed by atoms with E-state index in [1.165, 1.54) is 19.3 Å². The van der Waals surface area contributed by atoms with Crippen LogP contribution in [0.4, 0.5) is 0 Å². The molecule has 0 aromatic rings. The van der Waals surface area contributed by atoms with E-state index >= 15 is 0 Å². The van der Waals surface area contributed by atoms with E-state index < -0.39 is 0 Å². The molecule has 0 unspecified atom stereocenters. The average molecular weight is 142 g/mol. The van der Waals surface area contributed by atoms with Crippen molar-refractivity contribution >= 4 is 0 Å². The van der Waals surface area contributed by atoms with Crippen LogP contribution in [0.25, 0.3) is 0 Å². The Morgan fingerprint density at radius 2 is 2.30 bits per heavy atom. The summed E-state index contributed by atoms with van der Waals surface area (Å²) in [5, 5.41) is 6.75. The lowest BCUT2D eigenvalue weighted by Gasteiger charge is -2.28. The van der Waals surface area contributed by atoms with Crippen molar-refractivity contribution < 1.29 is 0 Å². The van der Waals surface area contributed by atoms with Crippen LogP contribution in [0.3, 0.4) is 0 Å². The summed E-state index contributed by atoms with van der Waals surface area (Å²) in [5.41, 5.74) is 0. The highest BCUT2D eigenvalue weighted by Gasteiger charge is 2.15. The summed E-state index contributed by atoms with van der Waals surface area (Å²) < 4.78 is 0. The van der Waals surface area contributed by atoms with Crippen molar-refractivity contribution in [3.63, 3.8) is 0 Å². The predicted molar refractivity (Wildman–Crippen MR) is 44.2 cm³/mol. The highest BCUT2D eigenvalue weighted by atomic mass is 15.0. The molecule has 0 aliphatic carbocycles. The second-order valence-electron chi connectivity index (χ2n) is 3.25. The molecule has 0 aromatic carbocycles. The van der Waals surface area contributed by atoms with Crippen molar-refractivity contribution in [3.8, 4) is 0 Å². The highest BCUT2D eigenvalue weighted by molar-refractivity contribution is 4.78. The van der Waals surface area contributed by atoms with E-state index in [1.807, 2.05) is 7.05 Å². The summed E-state index contributed by atoms with van der Waals surface area (Å²) in [5.74, 6) is 0. The summed E-state index contributed by atoms with van der Waals surface area (Å²) in [4.78, 5) is 0. The van der Waals surface area contributed by atoms with E-state index in [1.54, 1.807) is 0 Å². The minimum atomic E-state index is 0.716. The summed E-state index contributed by atoms with van der Waals surface area (Å²) in [7, 11) is 2.01. The molecule has 2 nitrogen and oxygen atoms in total. The first-order valence-electron chi connectivity index (χ1n) is 4.23. The first kappa shape index (κ1) is 8.02. The van der Waals surface area contributed by atoms with E-state index in [-0.39, 0.29) is 0 Å². The molecule has 0 amide bonds. The second kappa shape index (κ2) is 3.94. The standard InChI is InChI=1S/C8H18N2/c1-7-4-3-5-8(10-7)6-9-2/h7-10H,3-6H2,1-2H3/t7-,8-/m0/s1. The Bertz CT molecular complexity index is 91.3. The van der Waals surface area contributed by atoms with Gasteiger partial charge in [0.25, 0.3) is 0 Å². The van der Waals surface area contributed by atoms with Gasteiger partial charge in [0.15, 0.2) is 0 Å². The fourth-order valence-corrected chi connectivity index (χ4v) is 1.65. The summed E-state index contributed by atoms with van der Waals surface area (Å²) in [6.45, 7) is 3.38. The molecule has 1 aliphatic heterocycles. The van der Waals surface area contributed by atoms with Crippen molar-refractivity contribution in [3.05, 3.63) is 0 Å². The van der Waals surface area contributed by atoms with E-state index in [9.17, 15) is 0 Å². The Morgan fingerprint density at radius 3 is 2.90 bits per heavy atom. The predicted octanol–water partition coefficient (Wildman–Crippen LogP) is 0.736. The fourth-order valence-electron chi connectivity index (χ4n) is 1.65. The number of likely N-dealkylation sites (N-methyl/N-ethyl adjacent to an activating group) is 1. The zero-order chi connectivity index (χ0) is 7.40. The van der Waals surface area contributed by atoms with Crippen LogP contribution >= 0.6 is 0 Å². The zero-order valence-electron chi connectivity index (χ0n) is 6.98. The molecule has 1 saturated heterocycles. The topological polar surface area (TPSA) is 24.1 Å². The second-order valence-corrected chi connectivity index (χ2v) is 3.25. The van der Waals surface area contributed by atoms with Gasteiger partial charge in [-0.15, -0.1) is 0 Å². The molecule has 60 valence electrons. The van der Waals surface area contributed by atoms with Gasteiger partial charge in [-0.05, 0) is 26.8 Å². The molecule has 0 aromatic heterocycles. The number of piperidine rings is 1. The molecule has 2 N–H and O–H groups in total. The van der Waals surface area contributed by atoms with Crippen LogP contribution in [-0.2, 0) is 0 Å². The molecule has 10 heavy (non-hydrogen) atoms. The van der Waals surface area contributed by atoms with E-state index in [0.717, 1.165) is 12.6 Å². The smallest absolute Gasteiger partial charge is 0.0194 e. The van der Waals surface area contributed by atoms with Gasteiger partial charge in [-0.2, -0.15) is 0 Å². The van der Waals surface area contributed by atoms with Crippen molar-refractivity contribution in [2.45, 2.75) is 38.3 Å². The number of hydrogen-bond acceptors (Lipinski definition) is 2. The molecule has 0 bridgehead atoms. The van der Waals surface area contributed by atoms with Crippen LogP contribution in [0.15, 0.2) is 0 Å². The van der Waals surface area contributed by atoms with Gasteiger partial charge in [0, 0.05) is 18.6 Å². The first-order chi connectivity index (χ1) is 4.83. The van der Waals surface area contributed by atoms with Crippen LogP contribution < -0.4 is 10.6 Å². The summed E-state index contributed by atoms with van der Waals surface area (Å²) in [6.07, 6.45) is 4.08. The van der Waals surface area contributed by atoms with Crippen LogP contribution in [0.5, 0.6) is 0 Å². The zero-order valence-corrected chi connectivity index (χ0v) is 6.98. The van der Waals surface area contributed by atoms with Crippen LogP contribution in [0.1, 0.15) is 26.2 Å². The van der Waals surface area contributed by atoms with Crippen molar-refractivity contribution in [1.82, 2.24) is 10.6 Å². The lowest BCUT2D eigenvalue weighted by Crippen LogP contribution is -2.45. The summed E-state index contributed by atoms with van der Waals surface area (Å²) >= 11 is 0. The quantitative estimate of drug-likeness (QED) is 0.594. The third kappa shape index (κ3) is 2.27. The lowest BCUT2D eigenvalue weighted by atomic mass is 10.00. The van der Waals surface area contributed by atoms with Crippen LogP contribution in [-0.4, -0.2) is 25.7 Å². The van der Waals surface area contributed by atoms with Gasteiger partial charge in [0.2, 0.25) is 0 Å². The van der Waals surface area contributed by atoms with Gasteiger partial charge in [0.1, 0.15) is 0 Å². The fraction of sp³-hybridized carbons (Fsp3) is 1.00. The Morgan fingerprint density at radius 1 is 1.50 bits per heavy atom. The van der Waals surface area contributed by atoms with Crippen molar-refractivity contribution in [2.75, 3.05) is 13.6 Å². The minimum absolute atomic E-state index is 0.716. The highest BCUT2D eigenvalue weighted by Crippen LogP contribution is 2.10. The number of nitrogens with one attached hydrogen (secondary N) is 2. The molecular formula is C8H18N2. The van der Waals surface area contributed by atoms with E-state index in [0.29, 0.717) is 6.04 Å². The van der Waals surface area contributed by atoms with E-state index in [2.05, 4.69) is 17.6 Å². The molecule has 2 heteroatoms. The van der Waals surface area contributed by atoms with Gasteiger partial charge in [0.05, 0.1) is 0 Å². The van der Waals surface area contributed by atoms with Gasteiger partial charge in [-0.1, -0.05) is 6.42 Å². The summed E-state index contributed by atoms with van der Waals surface area (Å²) in [6, 6.07) is 1.45. The Labute approximate surface area is 63.4 Å². The minimum Gasteiger partial charge on any atom is -0.318 e. The Balaban J connectivity index is 2.18. The third-order valence-corrected chi connectivity index (χ3v) is 2.16. The number of rotatable bonds is 2. The van der Waals surface area contributed by atoms with Crippen molar-refractivity contribution in [1.29, 1.82) is 0 Å². The largest absolute Gasteiger partial charge is 0.318 e. The van der Waals surface area contributed by atoms with Gasteiger partial charge >= 0.3 is 0 Å². The SMILES string of the molecule is CNC[C@@H]1CCC[C@H](C)N1. The maximum atomic E-state index is 3.55. The van der Waals surface area contributed by atoms with Gasteiger partial charge in [-0.3, -0.25) is 0 Å². The molecular weight excluding hydrogens is 124 g/mol. The lowest BCUT2D eigenvalue weighted by molar-refractivity contribution is 0.329. The van der Waals surface area contributed by atoms with Crippen LogP contribution in [0.2, 0.25) is 0 Å². The normalized spacial score (nSPS) is 34.2. The average Bonchev–Trinajstić information content (AvgIpc) is 1.88. The van der Waals surface area contributed by atoms with E-state index in [4.69, 9.17) is 0 Å². The monoisotopic (exact) mass is 142 g/mol. The van der Waals surface area contributed by atoms with Crippen LogP contribution in [0, 0.1) is 0 Å². The molecule has 1 rings (SSSR count). The first-order valence-corrected chi connectivity index (χ1v) is 4.23. The molecule has 0 saturated carbocycles. The molecule has 1 aliphatic rings.